The van der Waals surface area contributed by atoms with E-state index in [9.17, 15) is 4.79 Å². The Bertz CT molecular complexity index is 244. The molecule has 1 saturated heterocycles. The summed E-state index contributed by atoms with van der Waals surface area (Å²) in [6.45, 7) is 4.86. The van der Waals surface area contributed by atoms with E-state index in [2.05, 4.69) is 13.0 Å². The average Bonchev–Trinajstić information content (AvgIpc) is 2.21. The third-order valence-electron chi connectivity index (χ3n) is 3.01. The fourth-order valence-corrected chi connectivity index (χ4v) is 1.85. The van der Waals surface area contributed by atoms with Crippen molar-refractivity contribution in [3.63, 3.8) is 0 Å². The van der Waals surface area contributed by atoms with Crippen molar-refractivity contribution in [2.45, 2.75) is 45.6 Å². The van der Waals surface area contributed by atoms with Crippen LogP contribution >= 0.6 is 0 Å². The number of rotatable bonds is 3. The molecule has 14 heavy (non-hydrogen) atoms. The van der Waals surface area contributed by atoms with Crippen molar-refractivity contribution in [1.82, 2.24) is 4.90 Å². The Morgan fingerprint density at radius 1 is 1.57 bits per heavy atom. The number of carbonyl (C=O) groups excluding carboxylic acids is 1. The summed E-state index contributed by atoms with van der Waals surface area (Å²) in [6, 6.07) is 2.04. The van der Waals surface area contributed by atoms with E-state index in [1.54, 1.807) is 4.90 Å². The molecule has 0 bridgehead atoms. The highest BCUT2D eigenvalue weighted by Crippen LogP contribution is 2.20. The van der Waals surface area contributed by atoms with Crippen molar-refractivity contribution in [3.8, 4) is 6.07 Å². The molecule has 0 radical (unpaired) electrons. The average molecular weight is 194 g/mol. The van der Waals surface area contributed by atoms with Crippen LogP contribution in [0.5, 0.6) is 0 Å². The van der Waals surface area contributed by atoms with Crippen molar-refractivity contribution in [2.75, 3.05) is 6.54 Å². The number of nitriles is 1. The molecule has 0 aromatic heterocycles. The lowest BCUT2D eigenvalue weighted by atomic mass is 9.96. The third kappa shape index (κ3) is 2.25. The lowest BCUT2D eigenvalue weighted by molar-refractivity contribution is -0.135. The second-order valence-electron chi connectivity index (χ2n) is 4.00. The number of nitrogens with zero attached hydrogens (tertiary/aromatic N) is 2. The maximum Gasteiger partial charge on any atom is 0.223 e. The summed E-state index contributed by atoms with van der Waals surface area (Å²) < 4.78 is 0. The van der Waals surface area contributed by atoms with E-state index in [-0.39, 0.29) is 17.9 Å². The van der Waals surface area contributed by atoms with Gasteiger partial charge in [-0.05, 0) is 18.8 Å². The highest BCUT2D eigenvalue weighted by molar-refractivity contribution is 5.77. The maximum atomic E-state index is 11.6. The van der Waals surface area contributed by atoms with Gasteiger partial charge in [0.25, 0.3) is 0 Å². The minimum Gasteiger partial charge on any atom is -0.326 e. The van der Waals surface area contributed by atoms with E-state index >= 15 is 0 Å². The molecule has 1 fully saturated rings. The second-order valence-corrected chi connectivity index (χ2v) is 4.00. The van der Waals surface area contributed by atoms with Crippen molar-refractivity contribution in [3.05, 3.63) is 0 Å². The van der Waals surface area contributed by atoms with Gasteiger partial charge in [0, 0.05) is 13.0 Å². The van der Waals surface area contributed by atoms with Gasteiger partial charge in [-0.2, -0.15) is 5.26 Å². The predicted molar refractivity (Wildman–Crippen MR) is 54.4 cm³/mol. The molecule has 3 heteroatoms. The van der Waals surface area contributed by atoms with Crippen molar-refractivity contribution in [1.29, 1.82) is 5.26 Å². The molecule has 1 rings (SSSR count). The summed E-state index contributed by atoms with van der Waals surface area (Å²) in [5.41, 5.74) is 0. The summed E-state index contributed by atoms with van der Waals surface area (Å²) in [4.78, 5) is 13.4. The van der Waals surface area contributed by atoms with E-state index in [0.717, 1.165) is 25.8 Å². The minimum absolute atomic E-state index is 0.156. The van der Waals surface area contributed by atoms with E-state index in [4.69, 9.17) is 5.26 Å². The van der Waals surface area contributed by atoms with Gasteiger partial charge in [-0.15, -0.1) is 0 Å². The fraction of sp³-hybridized carbons (Fsp3) is 0.818. The van der Waals surface area contributed by atoms with Crippen molar-refractivity contribution >= 4 is 5.91 Å². The Labute approximate surface area is 85.7 Å². The van der Waals surface area contributed by atoms with Crippen LogP contribution in [0.1, 0.15) is 39.5 Å². The zero-order valence-corrected chi connectivity index (χ0v) is 8.99. The third-order valence-corrected chi connectivity index (χ3v) is 3.01. The molecule has 1 aliphatic heterocycles. The highest BCUT2D eigenvalue weighted by atomic mass is 16.2. The van der Waals surface area contributed by atoms with Crippen LogP contribution < -0.4 is 0 Å². The first kappa shape index (κ1) is 11.0. The van der Waals surface area contributed by atoms with Gasteiger partial charge in [-0.1, -0.05) is 20.3 Å². The van der Waals surface area contributed by atoms with Gasteiger partial charge in [0.1, 0.15) is 6.04 Å². The molecule has 1 heterocycles. The second kappa shape index (κ2) is 4.99. The molecule has 0 N–H and O–H groups in total. The van der Waals surface area contributed by atoms with Gasteiger partial charge in [0.15, 0.2) is 0 Å². The Morgan fingerprint density at radius 3 is 2.79 bits per heavy atom. The standard InChI is InChI=1S/C11H18N2O/c1-3-9(2)10(8-12)13-7-5-4-6-11(13)14/h9-10H,3-7H2,1-2H3. The van der Waals surface area contributed by atoms with Crippen LogP contribution in [0.3, 0.4) is 0 Å². The molecule has 78 valence electrons. The molecule has 1 aliphatic rings. The van der Waals surface area contributed by atoms with Crippen molar-refractivity contribution in [2.24, 2.45) is 5.92 Å². The monoisotopic (exact) mass is 194 g/mol. The van der Waals surface area contributed by atoms with Crippen LogP contribution in [0.25, 0.3) is 0 Å². The van der Waals surface area contributed by atoms with Crippen LogP contribution in [-0.2, 0) is 4.79 Å². The smallest absolute Gasteiger partial charge is 0.223 e. The maximum absolute atomic E-state index is 11.6. The predicted octanol–water partition coefficient (Wildman–Crippen LogP) is 1.94. The topological polar surface area (TPSA) is 44.1 Å². The quantitative estimate of drug-likeness (QED) is 0.689. The zero-order valence-electron chi connectivity index (χ0n) is 8.99. The normalized spacial score (nSPS) is 21.5. The van der Waals surface area contributed by atoms with Crippen LogP contribution in [0, 0.1) is 17.2 Å². The number of carbonyl (C=O) groups is 1. The lowest BCUT2D eigenvalue weighted by Crippen LogP contribution is -2.45. The van der Waals surface area contributed by atoms with Crippen LogP contribution in [-0.4, -0.2) is 23.4 Å². The molecule has 2 unspecified atom stereocenters. The summed E-state index contributed by atoms with van der Waals surface area (Å²) in [5, 5.41) is 9.05. The Balaban J connectivity index is 2.68. The molecular formula is C11H18N2O. The summed E-state index contributed by atoms with van der Waals surface area (Å²) in [5.74, 6) is 0.435. The van der Waals surface area contributed by atoms with Gasteiger partial charge in [-0.25, -0.2) is 0 Å². The fourth-order valence-electron chi connectivity index (χ4n) is 1.85. The number of hydrogen-bond donors (Lipinski definition) is 0. The largest absolute Gasteiger partial charge is 0.326 e. The first-order valence-corrected chi connectivity index (χ1v) is 5.39. The van der Waals surface area contributed by atoms with E-state index in [1.165, 1.54) is 0 Å². The van der Waals surface area contributed by atoms with Crippen LogP contribution in [0.4, 0.5) is 0 Å². The molecule has 0 saturated carbocycles. The minimum atomic E-state index is -0.215. The number of amides is 1. The van der Waals surface area contributed by atoms with Gasteiger partial charge >= 0.3 is 0 Å². The molecule has 0 aromatic carbocycles. The molecule has 1 amide bonds. The molecule has 2 atom stereocenters. The lowest BCUT2D eigenvalue weighted by Gasteiger charge is -2.33. The van der Waals surface area contributed by atoms with E-state index < -0.39 is 0 Å². The molecular weight excluding hydrogens is 176 g/mol. The highest BCUT2D eigenvalue weighted by Gasteiger charge is 2.28. The molecule has 3 nitrogen and oxygen atoms in total. The number of piperidine rings is 1. The number of hydrogen-bond acceptors (Lipinski definition) is 2. The van der Waals surface area contributed by atoms with Crippen molar-refractivity contribution < 1.29 is 4.79 Å². The van der Waals surface area contributed by atoms with E-state index in [0.29, 0.717) is 6.42 Å². The van der Waals surface area contributed by atoms with Gasteiger partial charge < -0.3 is 4.90 Å². The van der Waals surface area contributed by atoms with E-state index in [1.807, 2.05) is 6.92 Å². The Morgan fingerprint density at radius 2 is 2.29 bits per heavy atom. The Kier molecular flexibility index (Phi) is 3.94. The summed E-state index contributed by atoms with van der Waals surface area (Å²) in [6.07, 6.45) is 3.59. The first-order chi connectivity index (χ1) is 6.70. The van der Waals surface area contributed by atoms with Gasteiger partial charge in [-0.3, -0.25) is 4.79 Å². The molecule has 0 aliphatic carbocycles. The molecule has 0 spiro atoms. The number of likely N-dealkylation sites (tertiary alicyclic amines) is 1. The molecule has 0 aromatic rings. The van der Waals surface area contributed by atoms with Crippen LogP contribution in [0.2, 0.25) is 0 Å². The first-order valence-electron chi connectivity index (χ1n) is 5.39. The summed E-state index contributed by atoms with van der Waals surface area (Å²) >= 11 is 0. The zero-order chi connectivity index (χ0) is 10.6. The summed E-state index contributed by atoms with van der Waals surface area (Å²) in [7, 11) is 0. The van der Waals surface area contributed by atoms with Gasteiger partial charge in [0.05, 0.1) is 6.07 Å². The van der Waals surface area contributed by atoms with Gasteiger partial charge in [0.2, 0.25) is 5.91 Å². The Hall–Kier alpha value is -1.04. The van der Waals surface area contributed by atoms with Crippen LogP contribution in [0.15, 0.2) is 0 Å². The SMILES string of the molecule is CCC(C)C(C#N)N1CCCCC1=O.